The molecule has 0 amide bonds. The van der Waals surface area contributed by atoms with Gasteiger partial charge in [-0.15, -0.1) is 0 Å². The summed E-state index contributed by atoms with van der Waals surface area (Å²) in [5.41, 5.74) is 3.94. The van der Waals surface area contributed by atoms with Gasteiger partial charge in [0.1, 0.15) is 0 Å². The Labute approximate surface area is 122 Å². The van der Waals surface area contributed by atoms with E-state index in [1.165, 1.54) is 29.1 Å². The van der Waals surface area contributed by atoms with Crippen molar-refractivity contribution >= 4 is 11.8 Å². The lowest BCUT2D eigenvalue weighted by Gasteiger charge is -2.17. The van der Waals surface area contributed by atoms with Gasteiger partial charge in [-0.1, -0.05) is 20.8 Å². The van der Waals surface area contributed by atoms with Crippen molar-refractivity contribution in [2.45, 2.75) is 60.0 Å². The second-order valence-electron chi connectivity index (χ2n) is 4.92. The van der Waals surface area contributed by atoms with Crippen molar-refractivity contribution in [3.05, 3.63) is 17.0 Å². The van der Waals surface area contributed by atoms with E-state index in [1.807, 2.05) is 11.8 Å². The molecule has 1 atom stereocenters. The van der Waals surface area contributed by atoms with Gasteiger partial charge in [-0.3, -0.25) is 4.68 Å². The van der Waals surface area contributed by atoms with E-state index in [4.69, 9.17) is 5.10 Å². The van der Waals surface area contributed by atoms with Crippen LogP contribution in [0.25, 0.3) is 0 Å². The lowest BCUT2D eigenvalue weighted by atomic mass is 10.0. The van der Waals surface area contributed by atoms with Crippen LogP contribution in [0.15, 0.2) is 0 Å². The topological polar surface area (TPSA) is 29.9 Å². The Morgan fingerprint density at radius 2 is 2.00 bits per heavy atom. The quantitative estimate of drug-likeness (QED) is 0.701. The molecule has 0 saturated heterocycles. The molecule has 1 N–H and O–H groups in total. The number of hydrogen-bond acceptors (Lipinski definition) is 3. The summed E-state index contributed by atoms with van der Waals surface area (Å²) in [5, 5.41) is 8.36. The fourth-order valence-electron chi connectivity index (χ4n) is 2.50. The first-order valence-electron chi connectivity index (χ1n) is 7.50. The van der Waals surface area contributed by atoms with Crippen LogP contribution in [-0.4, -0.2) is 27.8 Å². The highest BCUT2D eigenvalue weighted by molar-refractivity contribution is 7.99. The molecule has 0 aliphatic rings. The van der Waals surface area contributed by atoms with Gasteiger partial charge in [0.05, 0.1) is 12.2 Å². The van der Waals surface area contributed by atoms with Gasteiger partial charge in [0, 0.05) is 23.1 Å². The molecule has 0 fully saturated rings. The van der Waals surface area contributed by atoms with Gasteiger partial charge in [0.15, 0.2) is 0 Å². The minimum Gasteiger partial charge on any atom is -0.310 e. The molecule has 1 aromatic rings. The van der Waals surface area contributed by atoms with Crippen molar-refractivity contribution in [1.29, 1.82) is 0 Å². The van der Waals surface area contributed by atoms with Gasteiger partial charge in [-0.2, -0.15) is 16.9 Å². The molecule has 0 saturated carbocycles. The summed E-state index contributed by atoms with van der Waals surface area (Å²) in [6.07, 6.45) is 2.30. The molecule has 1 heterocycles. The van der Waals surface area contributed by atoms with Gasteiger partial charge in [-0.05, 0) is 39.0 Å². The molecule has 4 heteroatoms. The van der Waals surface area contributed by atoms with E-state index in [0.717, 1.165) is 25.3 Å². The Kier molecular flexibility index (Phi) is 7.54. The highest BCUT2D eigenvalue weighted by Gasteiger charge is 2.18. The van der Waals surface area contributed by atoms with Crippen LogP contribution in [0.2, 0.25) is 0 Å². The summed E-state index contributed by atoms with van der Waals surface area (Å²) in [4.78, 5) is 0. The summed E-state index contributed by atoms with van der Waals surface area (Å²) in [6.45, 7) is 13.1. The van der Waals surface area contributed by atoms with Crippen molar-refractivity contribution in [2.24, 2.45) is 0 Å². The van der Waals surface area contributed by atoms with Crippen LogP contribution < -0.4 is 5.32 Å². The highest BCUT2D eigenvalue weighted by Crippen LogP contribution is 2.24. The average molecular weight is 283 g/mol. The summed E-state index contributed by atoms with van der Waals surface area (Å²) in [5.74, 6) is 2.33. The molecular weight excluding hydrogens is 254 g/mol. The molecule has 0 aliphatic carbocycles. The molecule has 0 bridgehead atoms. The molecule has 110 valence electrons. The number of thioether (sulfide) groups is 1. The van der Waals surface area contributed by atoms with Gasteiger partial charge < -0.3 is 5.32 Å². The Morgan fingerprint density at radius 1 is 1.26 bits per heavy atom. The SMILES string of the molecule is CCCNC(CC)c1c(C)nn(CCSCC)c1C. The molecule has 1 unspecified atom stereocenters. The third kappa shape index (κ3) is 4.53. The van der Waals surface area contributed by atoms with Gasteiger partial charge in [-0.25, -0.2) is 0 Å². The molecule has 3 nitrogen and oxygen atoms in total. The van der Waals surface area contributed by atoms with Crippen molar-refractivity contribution in [3.8, 4) is 0 Å². The second kappa shape index (κ2) is 8.64. The minimum absolute atomic E-state index is 0.451. The predicted molar refractivity (Wildman–Crippen MR) is 86.0 cm³/mol. The molecule has 0 radical (unpaired) electrons. The Balaban J connectivity index is 2.81. The molecule has 0 spiro atoms. The monoisotopic (exact) mass is 283 g/mol. The third-order valence-corrected chi connectivity index (χ3v) is 4.37. The zero-order valence-electron chi connectivity index (χ0n) is 13.1. The fourth-order valence-corrected chi connectivity index (χ4v) is 3.09. The Bertz CT molecular complexity index is 374. The summed E-state index contributed by atoms with van der Waals surface area (Å²) < 4.78 is 2.18. The Hall–Kier alpha value is -0.480. The standard InChI is InChI=1S/C15H29N3S/c1-6-9-16-14(7-2)15-12(4)17-18(13(15)5)10-11-19-8-3/h14,16H,6-11H2,1-5H3. The first-order chi connectivity index (χ1) is 9.15. The summed E-state index contributed by atoms with van der Waals surface area (Å²) >= 11 is 1.98. The van der Waals surface area contributed by atoms with E-state index in [9.17, 15) is 0 Å². The number of nitrogens with one attached hydrogen (secondary N) is 1. The smallest absolute Gasteiger partial charge is 0.0644 e. The largest absolute Gasteiger partial charge is 0.310 e. The van der Waals surface area contributed by atoms with Crippen LogP contribution in [0.3, 0.4) is 0 Å². The number of nitrogens with zero attached hydrogens (tertiary/aromatic N) is 2. The van der Waals surface area contributed by atoms with E-state index in [2.05, 4.69) is 44.6 Å². The number of aromatic nitrogens is 2. The zero-order chi connectivity index (χ0) is 14.3. The van der Waals surface area contributed by atoms with Crippen LogP contribution in [-0.2, 0) is 6.54 Å². The minimum atomic E-state index is 0.451. The lowest BCUT2D eigenvalue weighted by molar-refractivity contribution is 0.513. The summed E-state index contributed by atoms with van der Waals surface area (Å²) in [6, 6.07) is 0.451. The van der Waals surface area contributed by atoms with E-state index in [-0.39, 0.29) is 0 Å². The van der Waals surface area contributed by atoms with Gasteiger partial charge in [0.25, 0.3) is 0 Å². The molecule has 1 aromatic heterocycles. The van der Waals surface area contributed by atoms with Crippen molar-refractivity contribution in [2.75, 3.05) is 18.1 Å². The van der Waals surface area contributed by atoms with Crippen LogP contribution in [0.1, 0.15) is 56.6 Å². The van der Waals surface area contributed by atoms with Crippen molar-refractivity contribution < 1.29 is 0 Å². The number of aryl methyl sites for hydroxylation is 2. The maximum absolute atomic E-state index is 4.72. The number of rotatable bonds is 9. The van der Waals surface area contributed by atoms with Gasteiger partial charge in [0.2, 0.25) is 0 Å². The molecule has 1 rings (SSSR count). The van der Waals surface area contributed by atoms with Gasteiger partial charge >= 0.3 is 0 Å². The molecule has 0 aromatic carbocycles. The van der Waals surface area contributed by atoms with Crippen molar-refractivity contribution in [3.63, 3.8) is 0 Å². The predicted octanol–water partition coefficient (Wildman–Crippen LogP) is 3.70. The molecule has 0 aliphatic heterocycles. The van der Waals surface area contributed by atoms with Crippen molar-refractivity contribution in [1.82, 2.24) is 15.1 Å². The normalized spacial score (nSPS) is 12.9. The molecule has 19 heavy (non-hydrogen) atoms. The highest BCUT2D eigenvalue weighted by atomic mass is 32.2. The first kappa shape index (κ1) is 16.6. The maximum Gasteiger partial charge on any atom is 0.0644 e. The van der Waals surface area contributed by atoms with Crippen LogP contribution >= 0.6 is 11.8 Å². The molecular formula is C15H29N3S. The van der Waals surface area contributed by atoms with Crippen LogP contribution in [0, 0.1) is 13.8 Å². The fraction of sp³-hybridized carbons (Fsp3) is 0.800. The summed E-state index contributed by atoms with van der Waals surface area (Å²) in [7, 11) is 0. The van der Waals surface area contributed by atoms with E-state index in [1.54, 1.807) is 0 Å². The van der Waals surface area contributed by atoms with Crippen LogP contribution in [0.5, 0.6) is 0 Å². The maximum atomic E-state index is 4.72. The average Bonchev–Trinajstić information content (AvgIpc) is 2.67. The third-order valence-electron chi connectivity index (χ3n) is 3.49. The van der Waals surface area contributed by atoms with E-state index >= 15 is 0 Å². The lowest BCUT2D eigenvalue weighted by Crippen LogP contribution is -2.22. The second-order valence-corrected chi connectivity index (χ2v) is 6.31. The van der Waals surface area contributed by atoms with E-state index in [0.29, 0.717) is 6.04 Å². The zero-order valence-corrected chi connectivity index (χ0v) is 13.9. The first-order valence-corrected chi connectivity index (χ1v) is 8.66. The number of hydrogen-bond donors (Lipinski definition) is 1. The van der Waals surface area contributed by atoms with E-state index < -0.39 is 0 Å². The van der Waals surface area contributed by atoms with Crippen LogP contribution in [0.4, 0.5) is 0 Å². The Morgan fingerprint density at radius 3 is 2.58 bits per heavy atom.